The van der Waals surface area contributed by atoms with Crippen molar-refractivity contribution in [3.05, 3.63) is 59.4 Å². The van der Waals surface area contributed by atoms with E-state index in [1.165, 1.54) is 0 Å². The number of nitrogens with two attached hydrogens (primary N) is 2. The SMILES string of the molecule is N#Cc1cccc(CNn2cnc3cc(N)c(C(N)=O)cc32)c1. The molecule has 0 aliphatic heterocycles. The topological polar surface area (TPSA) is 123 Å². The number of imidazole rings is 1. The van der Waals surface area contributed by atoms with Crippen LogP contribution >= 0.6 is 0 Å². The molecule has 7 heteroatoms. The summed E-state index contributed by atoms with van der Waals surface area (Å²) >= 11 is 0. The maximum absolute atomic E-state index is 11.4. The van der Waals surface area contributed by atoms with Crippen molar-refractivity contribution in [2.24, 2.45) is 5.73 Å². The van der Waals surface area contributed by atoms with E-state index in [4.69, 9.17) is 16.7 Å². The van der Waals surface area contributed by atoms with E-state index in [2.05, 4.69) is 16.5 Å². The first-order chi connectivity index (χ1) is 11.1. The summed E-state index contributed by atoms with van der Waals surface area (Å²) in [6.07, 6.45) is 1.60. The third-order valence-electron chi connectivity index (χ3n) is 3.49. The van der Waals surface area contributed by atoms with Crippen molar-refractivity contribution in [3.63, 3.8) is 0 Å². The Hall–Kier alpha value is -3.53. The number of hydrogen-bond donors (Lipinski definition) is 3. The van der Waals surface area contributed by atoms with Crippen LogP contribution in [0.15, 0.2) is 42.7 Å². The highest BCUT2D eigenvalue weighted by atomic mass is 16.1. The third kappa shape index (κ3) is 2.78. The summed E-state index contributed by atoms with van der Waals surface area (Å²) in [5, 5.41) is 8.92. The number of rotatable bonds is 4. The molecule has 0 saturated carbocycles. The van der Waals surface area contributed by atoms with Crippen LogP contribution in [0.2, 0.25) is 0 Å². The van der Waals surface area contributed by atoms with E-state index in [1.807, 2.05) is 12.1 Å². The number of aromatic nitrogens is 2. The fourth-order valence-electron chi connectivity index (χ4n) is 2.34. The minimum Gasteiger partial charge on any atom is -0.398 e. The first kappa shape index (κ1) is 14.4. The van der Waals surface area contributed by atoms with Crippen LogP contribution in [0.5, 0.6) is 0 Å². The molecule has 0 aliphatic rings. The number of carbonyl (C=O) groups is 1. The Morgan fingerprint density at radius 3 is 2.91 bits per heavy atom. The molecule has 3 rings (SSSR count). The zero-order chi connectivity index (χ0) is 16.4. The summed E-state index contributed by atoms with van der Waals surface area (Å²) in [6.45, 7) is 0.497. The van der Waals surface area contributed by atoms with E-state index >= 15 is 0 Å². The lowest BCUT2D eigenvalue weighted by Gasteiger charge is -2.10. The molecule has 23 heavy (non-hydrogen) atoms. The van der Waals surface area contributed by atoms with Gasteiger partial charge >= 0.3 is 0 Å². The van der Waals surface area contributed by atoms with Crippen molar-refractivity contribution in [2.75, 3.05) is 11.2 Å². The molecule has 0 bridgehead atoms. The molecule has 0 atom stereocenters. The summed E-state index contributed by atoms with van der Waals surface area (Å²) in [5.74, 6) is -0.584. The van der Waals surface area contributed by atoms with Crippen LogP contribution in [0.1, 0.15) is 21.5 Å². The molecule has 114 valence electrons. The Kier molecular flexibility index (Phi) is 3.57. The Balaban J connectivity index is 1.90. The molecule has 0 aliphatic carbocycles. The Bertz CT molecular complexity index is 937. The van der Waals surface area contributed by atoms with E-state index in [0.29, 0.717) is 28.8 Å². The normalized spacial score (nSPS) is 10.4. The molecule has 2 aromatic carbocycles. The van der Waals surface area contributed by atoms with E-state index in [0.717, 1.165) is 5.56 Å². The van der Waals surface area contributed by atoms with Gasteiger partial charge in [-0.2, -0.15) is 5.26 Å². The lowest BCUT2D eigenvalue weighted by atomic mass is 10.1. The van der Waals surface area contributed by atoms with Gasteiger partial charge in [0.15, 0.2) is 0 Å². The highest BCUT2D eigenvalue weighted by molar-refractivity contribution is 6.01. The van der Waals surface area contributed by atoms with Gasteiger partial charge < -0.3 is 16.9 Å². The number of nitrogens with one attached hydrogen (secondary N) is 1. The van der Waals surface area contributed by atoms with Crippen molar-refractivity contribution in [2.45, 2.75) is 6.54 Å². The standard InChI is InChI=1S/C16H14N6O/c17-7-10-2-1-3-11(4-10)8-21-22-9-20-14-6-13(18)12(16(19)23)5-15(14)22/h1-6,9,21H,8,18H2,(H2,19,23). The second-order valence-electron chi connectivity index (χ2n) is 5.05. The van der Waals surface area contributed by atoms with Gasteiger partial charge in [0.2, 0.25) is 0 Å². The molecule has 0 spiro atoms. The Labute approximate surface area is 132 Å². The number of carbonyl (C=O) groups excluding carboxylic acids is 1. The number of nitrogens with zero attached hydrogens (tertiary/aromatic N) is 3. The molecule has 0 unspecified atom stereocenters. The molecular weight excluding hydrogens is 292 g/mol. The molecule has 5 N–H and O–H groups in total. The molecule has 3 aromatic rings. The lowest BCUT2D eigenvalue weighted by molar-refractivity contribution is 0.100. The van der Waals surface area contributed by atoms with Crippen molar-refractivity contribution < 1.29 is 4.79 Å². The van der Waals surface area contributed by atoms with Gasteiger partial charge in [-0.15, -0.1) is 0 Å². The van der Waals surface area contributed by atoms with E-state index in [9.17, 15) is 4.79 Å². The summed E-state index contributed by atoms with van der Waals surface area (Å²) < 4.78 is 1.69. The number of fused-ring (bicyclic) bond motifs is 1. The van der Waals surface area contributed by atoms with Gasteiger partial charge in [-0.1, -0.05) is 12.1 Å². The number of anilines is 1. The maximum atomic E-state index is 11.4. The fourth-order valence-corrected chi connectivity index (χ4v) is 2.34. The number of primary amides is 1. The quantitative estimate of drug-likeness (QED) is 0.627. The predicted octanol–water partition coefficient (Wildman–Crippen LogP) is 1.33. The largest absolute Gasteiger partial charge is 0.398 e. The highest BCUT2D eigenvalue weighted by Gasteiger charge is 2.11. The van der Waals surface area contributed by atoms with Gasteiger partial charge in [-0.25, -0.2) is 9.66 Å². The lowest BCUT2D eigenvalue weighted by Crippen LogP contribution is -2.15. The van der Waals surface area contributed by atoms with Crippen LogP contribution in [0.3, 0.4) is 0 Å². The van der Waals surface area contributed by atoms with Crippen molar-refractivity contribution >= 4 is 22.6 Å². The molecule has 0 radical (unpaired) electrons. The van der Waals surface area contributed by atoms with Crippen LogP contribution in [-0.4, -0.2) is 15.6 Å². The van der Waals surface area contributed by atoms with Gasteiger partial charge in [0.1, 0.15) is 6.33 Å². The molecule has 7 nitrogen and oxygen atoms in total. The van der Waals surface area contributed by atoms with Crippen LogP contribution in [0.4, 0.5) is 5.69 Å². The minimum atomic E-state index is -0.584. The number of hydrogen-bond acceptors (Lipinski definition) is 5. The smallest absolute Gasteiger partial charge is 0.250 e. The second-order valence-corrected chi connectivity index (χ2v) is 5.05. The Morgan fingerprint density at radius 1 is 1.35 bits per heavy atom. The monoisotopic (exact) mass is 306 g/mol. The molecule has 1 aromatic heterocycles. The van der Waals surface area contributed by atoms with Crippen molar-refractivity contribution in [1.82, 2.24) is 9.66 Å². The summed E-state index contributed by atoms with van der Waals surface area (Å²) in [5.41, 5.74) is 17.8. The first-order valence-corrected chi connectivity index (χ1v) is 6.88. The zero-order valence-electron chi connectivity index (χ0n) is 12.2. The van der Waals surface area contributed by atoms with E-state index in [-0.39, 0.29) is 5.56 Å². The average molecular weight is 306 g/mol. The van der Waals surface area contributed by atoms with Gasteiger partial charge in [0, 0.05) is 5.69 Å². The molecule has 1 amide bonds. The van der Waals surface area contributed by atoms with Gasteiger partial charge in [-0.3, -0.25) is 4.79 Å². The maximum Gasteiger partial charge on any atom is 0.250 e. The van der Waals surface area contributed by atoms with Crippen LogP contribution in [0, 0.1) is 11.3 Å². The predicted molar refractivity (Wildman–Crippen MR) is 86.9 cm³/mol. The zero-order valence-corrected chi connectivity index (χ0v) is 12.2. The Morgan fingerprint density at radius 2 is 2.17 bits per heavy atom. The average Bonchev–Trinajstić information content (AvgIpc) is 2.94. The second kappa shape index (κ2) is 5.69. The van der Waals surface area contributed by atoms with Gasteiger partial charge in [0.25, 0.3) is 5.91 Å². The molecular formula is C16H14N6O. The van der Waals surface area contributed by atoms with Crippen LogP contribution in [-0.2, 0) is 6.54 Å². The van der Waals surface area contributed by atoms with Gasteiger partial charge in [0.05, 0.1) is 34.8 Å². The van der Waals surface area contributed by atoms with Crippen LogP contribution in [0.25, 0.3) is 11.0 Å². The molecule has 0 saturated heterocycles. The summed E-state index contributed by atoms with van der Waals surface area (Å²) in [4.78, 5) is 15.7. The van der Waals surface area contributed by atoms with Crippen molar-refractivity contribution in [1.29, 1.82) is 5.26 Å². The van der Waals surface area contributed by atoms with Crippen LogP contribution < -0.4 is 16.9 Å². The summed E-state index contributed by atoms with van der Waals surface area (Å²) in [7, 11) is 0. The van der Waals surface area contributed by atoms with Crippen molar-refractivity contribution in [3.8, 4) is 6.07 Å². The molecule has 0 fully saturated rings. The fraction of sp³-hybridized carbons (Fsp3) is 0.0625. The van der Waals surface area contributed by atoms with E-state index < -0.39 is 5.91 Å². The number of benzene rings is 2. The number of amides is 1. The van der Waals surface area contributed by atoms with Gasteiger partial charge in [-0.05, 0) is 29.8 Å². The number of nitriles is 1. The number of nitrogen functional groups attached to an aromatic ring is 1. The highest BCUT2D eigenvalue weighted by Crippen LogP contribution is 2.20. The minimum absolute atomic E-state index is 0.257. The molecule has 1 heterocycles. The van der Waals surface area contributed by atoms with E-state index in [1.54, 1.807) is 35.3 Å². The third-order valence-corrected chi connectivity index (χ3v) is 3.49. The summed E-state index contributed by atoms with van der Waals surface area (Å²) in [6, 6.07) is 12.6. The first-order valence-electron chi connectivity index (χ1n) is 6.88.